The molecule has 2 heterocycles. The first-order chi connectivity index (χ1) is 12.8. The Morgan fingerprint density at radius 1 is 0.926 bits per heavy atom. The number of likely N-dealkylation sites (tertiary alicyclic amines) is 1. The normalized spacial score (nSPS) is 26.4. The molecule has 1 aromatic carbocycles. The number of benzene rings is 1. The Bertz CT molecular complexity index is 580. The predicted octanol–water partition coefficient (Wildman–Crippen LogP) is 2.66. The average Bonchev–Trinajstić information content (AvgIpc) is 2.88. The standard InChI is InChI=1S/C23H39N3O/c1-23(2,3)22-8-6-19(7-9-22)14-26-16-20(21(17-26)18-27)15-25-11-5-10-24(4)12-13-25/h6-9,20-21,27H,5,10-18H2,1-4H3/t20-,21-/m1/s1. The Morgan fingerprint density at radius 3 is 2.30 bits per heavy atom. The maximum absolute atomic E-state index is 9.92. The highest BCUT2D eigenvalue weighted by atomic mass is 16.3. The highest BCUT2D eigenvalue weighted by Crippen LogP contribution is 2.27. The average molecular weight is 374 g/mol. The molecule has 0 aromatic heterocycles. The molecule has 0 radical (unpaired) electrons. The van der Waals surface area contributed by atoms with Crippen molar-refractivity contribution in [1.82, 2.24) is 14.7 Å². The van der Waals surface area contributed by atoms with E-state index in [4.69, 9.17) is 0 Å². The van der Waals surface area contributed by atoms with Gasteiger partial charge in [-0.25, -0.2) is 0 Å². The van der Waals surface area contributed by atoms with Crippen LogP contribution in [0.25, 0.3) is 0 Å². The second-order valence-corrected chi connectivity index (χ2v) is 9.80. The lowest BCUT2D eigenvalue weighted by molar-refractivity contribution is 0.165. The lowest BCUT2D eigenvalue weighted by Crippen LogP contribution is -2.36. The molecule has 0 amide bonds. The Hall–Kier alpha value is -0.940. The number of rotatable bonds is 5. The number of nitrogens with zero attached hydrogens (tertiary/aromatic N) is 3. The molecular weight excluding hydrogens is 334 g/mol. The van der Waals surface area contributed by atoms with Crippen molar-refractivity contribution in [2.75, 3.05) is 59.5 Å². The summed E-state index contributed by atoms with van der Waals surface area (Å²) >= 11 is 0. The van der Waals surface area contributed by atoms with Gasteiger partial charge < -0.3 is 14.9 Å². The van der Waals surface area contributed by atoms with E-state index < -0.39 is 0 Å². The lowest BCUT2D eigenvalue weighted by atomic mass is 9.87. The van der Waals surface area contributed by atoms with Gasteiger partial charge >= 0.3 is 0 Å². The molecule has 2 aliphatic heterocycles. The van der Waals surface area contributed by atoms with E-state index in [0.29, 0.717) is 18.4 Å². The molecule has 1 aromatic rings. The molecule has 0 saturated carbocycles. The van der Waals surface area contributed by atoms with Crippen molar-refractivity contribution in [3.05, 3.63) is 35.4 Å². The molecule has 0 bridgehead atoms. The van der Waals surface area contributed by atoms with Crippen molar-refractivity contribution in [3.63, 3.8) is 0 Å². The molecule has 2 atom stereocenters. The van der Waals surface area contributed by atoms with E-state index in [1.807, 2.05) is 0 Å². The van der Waals surface area contributed by atoms with Gasteiger partial charge in [-0.2, -0.15) is 0 Å². The number of aliphatic hydroxyl groups excluding tert-OH is 1. The SMILES string of the molecule is CN1CCCN(C[C@@H]2CN(Cc3ccc(C(C)(C)C)cc3)C[C@@H]2CO)CC1. The summed E-state index contributed by atoms with van der Waals surface area (Å²) in [7, 11) is 2.22. The van der Waals surface area contributed by atoms with Crippen molar-refractivity contribution < 1.29 is 5.11 Å². The topological polar surface area (TPSA) is 30.0 Å². The van der Waals surface area contributed by atoms with Crippen LogP contribution in [-0.2, 0) is 12.0 Å². The summed E-state index contributed by atoms with van der Waals surface area (Å²) in [6.45, 7) is 16.1. The second kappa shape index (κ2) is 9.04. The third-order valence-corrected chi connectivity index (χ3v) is 6.42. The zero-order valence-corrected chi connectivity index (χ0v) is 17.8. The van der Waals surface area contributed by atoms with Gasteiger partial charge in [0.2, 0.25) is 0 Å². The zero-order valence-electron chi connectivity index (χ0n) is 17.8. The zero-order chi connectivity index (χ0) is 19.4. The summed E-state index contributed by atoms with van der Waals surface area (Å²) < 4.78 is 0. The van der Waals surface area contributed by atoms with Gasteiger partial charge in [0.05, 0.1) is 0 Å². The fraction of sp³-hybridized carbons (Fsp3) is 0.739. The van der Waals surface area contributed by atoms with Gasteiger partial charge in [-0.15, -0.1) is 0 Å². The van der Waals surface area contributed by atoms with Crippen molar-refractivity contribution in [2.45, 2.75) is 39.2 Å². The van der Waals surface area contributed by atoms with Gasteiger partial charge in [0.15, 0.2) is 0 Å². The van der Waals surface area contributed by atoms with Gasteiger partial charge in [-0.3, -0.25) is 4.90 Å². The van der Waals surface area contributed by atoms with Crippen molar-refractivity contribution in [2.24, 2.45) is 11.8 Å². The molecule has 2 fully saturated rings. The minimum atomic E-state index is 0.209. The van der Waals surface area contributed by atoms with Crippen LogP contribution in [0.15, 0.2) is 24.3 Å². The van der Waals surface area contributed by atoms with Gasteiger partial charge in [0, 0.05) is 45.9 Å². The van der Waals surface area contributed by atoms with E-state index in [-0.39, 0.29) is 5.41 Å². The number of hydrogen-bond acceptors (Lipinski definition) is 4. The van der Waals surface area contributed by atoms with E-state index in [0.717, 1.165) is 26.2 Å². The maximum Gasteiger partial charge on any atom is 0.0475 e. The summed E-state index contributed by atoms with van der Waals surface area (Å²) in [5.41, 5.74) is 2.99. The first kappa shape index (κ1) is 20.8. The third-order valence-electron chi connectivity index (χ3n) is 6.42. The van der Waals surface area contributed by atoms with Crippen molar-refractivity contribution >= 4 is 0 Å². The van der Waals surface area contributed by atoms with E-state index in [1.165, 1.54) is 43.7 Å². The van der Waals surface area contributed by atoms with E-state index in [2.05, 4.69) is 66.8 Å². The molecule has 2 saturated heterocycles. The molecule has 2 aliphatic rings. The van der Waals surface area contributed by atoms with Crippen LogP contribution in [0.2, 0.25) is 0 Å². The maximum atomic E-state index is 9.92. The molecule has 0 spiro atoms. The molecule has 4 nitrogen and oxygen atoms in total. The second-order valence-electron chi connectivity index (χ2n) is 9.80. The molecule has 1 N–H and O–H groups in total. The summed E-state index contributed by atoms with van der Waals surface area (Å²) in [5, 5.41) is 9.92. The van der Waals surface area contributed by atoms with Gasteiger partial charge in [-0.1, -0.05) is 45.0 Å². The Kier molecular flexibility index (Phi) is 6.96. The molecular formula is C23H39N3O. The van der Waals surface area contributed by atoms with Crippen LogP contribution in [0.3, 0.4) is 0 Å². The highest BCUT2D eigenvalue weighted by molar-refractivity contribution is 5.27. The van der Waals surface area contributed by atoms with Gasteiger partial charge in [-0.05, 0) is 54.9 Å². The van der Waals surface area contributed by atoms with E-state index in [1.54, 1.807) is 0 Å². The third kappa shape index (κ3) is 5.77. The molecule has 152 valence electrons. The monoisotopic (exact) mass is 373 g/mol. The lowest BCUT2D eigenvalue weighted by Gasteiger charge is -2.26. The quantitative estimate of drug-likeness (QED) is 0.859. The Morgan fingerprint density at radius 2 is 1.63 bits per heavy atom. The number of likely N-dealkylation sites (N-methyl/N-ethyl adjacent to an activating group) is 1. The Balaban J connectivity index is 1.55. The number of hydrogen-bond donors (Lipinski definition) is 1. The Labute approximate surface area is 166 Å². The van der Waals surface area contributed by atoms with Gasteiger partial charge in [0.1, 0.15) is 0 Å². The molecule has 4 heteroatoms. The minimum absolute atomic E-state index is 0.209. The summed E-state index contributed by atoms with van der Waals surface area (Å²) in [6.07, 6.45) is 1.26. The van der Waals surface area contributed by atoms with Crippen molar-refractivity contribution in [1.29, 1.82) is 0 Å². The van der Waals surface area contributed by atoms with Crippen LogP contribution >= 0.6 is 0 Å². The molecule has 0 unspecified atom stereocenters. The summed E-state index contributed by atoms with van der Waals surface area (Å²) in [4.78, 5) is 7.60. The molecule has 27 heavy (non-hydrogen) atoms. The largest absolute Gasteiger partial charge is 0.396 e. The van der Waals surface area contributed by atoms with Crippen LogP contribution in [0.1, 0.15) is 38.3 Å². The van der Waals surface area contributed by atoms with E-state index >= 15 is 0 Å². The summed E-state index contributed by atoms with van der Waals surface area (Å²) in [5.74, 6) is 1.01. The minimum Gasteiger partial charge on any atom is -0.396 e. The first-order valence-corrected chi connectivity index (χ1v) is 10.7. The fourth-order valence-electron chi connectivity index (χ4n) is 4.56. The van der Waals surface area contributed by atoms with Crippen LogP contribution in [0.4, 0.5) is 0 Å². The van der Waals surface area contributed by atoms with Gasteiger partial charge in [0.25, 0.3) is 0 Å². The van der Waals surface area contributed by atoms with Crippen LogP contribution in [0.5, 0.6) is 0 Å². The molecule has 3 rings (SSSR count). The fourth-order valence-corrected chi connectivity index (χ4v) is 4.56. The summed E-state index contributed by atoms with van der Waals surface area (Å²) in [6, 6.07) is 9.12. The predicted molar refractivity (Wildman–Crippen MR) is 113 cm³/mol. The van der Waals surface area contributed by atoms with Crippen molar-refractivity contribution in [3.8, 4) is 0 Å². The van der Waals surface area contributed by atoms with Crippen LogP contribution in [0, 0.1) is 11.8 Å². The van der Waals surface area contributed by atoms with E-state index in [9.17, 15) is 5.11 Å². The molecule has 0 aliphatic carbocycles. The first-order valence-electron chi connectivity index (χ1n) is 10.7. The highest BCUT2D eigenvalue weighted by Gasteiger charge is 2.33. The van der Waals surface area contributed by atoms with Crippen LogP contribution < -0.4 is 0 Å². The van der Waals surface area contributed by atoms with Crippen LogP contribution in [-0.4, -0.2) is 79.3 Å². The smallest absolute Gasteiger partial charge is 0.0475 e. The number of aliphatic hydroxyl groups is 1.